The molecule has 0 heterocycles. The predicted molar refractivity (Wildman–Crippen MR) is 91.3 cm³/mol. The van der Waals surface area contributed by atoms with Crippen molar-refractivity contribution in [1.29, 1.82) is 0 Å². The molecule has 0 rings (SSSR count). The van der Waals surface area contributed by atoms with Crippen LogP contribution in [0.25, 0.3) is 0 Å². The maximum Gasteiger partial charge on any atom is 0.135 e. The Morgan fingerprint density at radius 1 is 0.905 bits per heavy atom. The zero-order valence-electron chi connectivity index (χ0n) is 14.2. The summed E-state index contributed by atoms with van der Waals surface area (Å²) in [4.78, 5) is 11.6. The van der Waals surface area contributed by atoms with E-state index in [0.717, 1.165) is 32.1 Å². The van der Waals surface area contributed by atoms with Crippen LogP contribution in [0.2, 0.25) is 0 Å². The van der Waals surface area contributed by atoms with Gasteiger partial charge in [0.25, 0.3) is 0 Å². The molecule has 125 valence electrons. The molecule has 0 fully saturated rings. The quantitative estimate of drug-likeness (QED) is 0.375. The van der Waals surface area contributed by atoms with Crippen molar-refractivity contribution in [1.82, 2.24) is 0 Å². The summed E-state index contributed by atoms with van der Waals surface area (Å²) in [6.07, 6.45) is 15.8. The van der Waals surface area contributed by atoms with Gasteiger partial charge in [-0.05, 0) is 12.8 Å². The molecule has 1 radical (unpaired) electrons. The van der Waals surface area contributed by atoms with E-state index in [1.54, 1.807) is 0 Å². The van der Waals surface area contributed by atoms with Crippen molar-refractivity contribution in [2.75, 3.05) is 0 Å². The maximum absolute atomic E-state index is 11.6. The highest BCUT2D eigenvalue weighted by Gasteiger charge is 2.10. The first-order valence-electron chi connectivity index (χ1n) is 9.19. The Morgan fingerprint density at radius 2 is 1.48 bits per heavy atom. The molecular formula is C19H37O2. The number of hydrogen-bond donors (Lipinski definition) is 1. The highest BCUT2D eigenvalue weighted by atomic mass is 16.3. The third kappa shape index (κ3) is 15.8. The second-order valence-corrected chi connectivity index (χ2v) is 6.32. The van der Waals surface area contributed by atoms with Gasteiger partial charge < -0.3 is 5.11 Å². The number of Topliss-reactive ketones (excluding diaryl/α,β-unsaturated/α-hetero) is 1. The first-order valence-corrected chi connectivity index (χ1v) is 9.19. The summed E-state index contributed by atoms with van der Waals surface area (Å²) in [7, 11) is 0. The van der Waals surface area contributed by atoms with Gasteiger partial charge in [-0.3, -0.25) is 4.79 Å². The minimum Gasteiger partial charge on any atom is -0.393 e. The number of hydrogen-bond acceptors (Lipinski definition) is 2. The molecule has 0 amide bonds. The number of unbranched alkanes of at least 4 members (excludes halogenated alkanes) is 10. The smallest absolute Gasteiger partial charge is 0.135 e. The van der Waals surface area contributed by atoms with Crippen molar-refractivity contribution < 1.29 is 9.90 Å². The molecule has 1 atom stereocenters. The minimum absolute atomic E-state index is 0.215. The molecule has 2 heteroatoms. The highest BCUT2D eigenvalue weighted by Crippen LogP contribution is 2.13. The lowest BCUT2D eigenvalue weighted by Gasteiger charge is -2.09. The number of aliphatic hydroxyl groups is 1. The van der Waals surface area contributed by atoms with E-state index in [1.165, 1.54) is 51.4 Å². The van der Waals surface area contributed by atoms with Crippen molar-refractivity contribution in [3.8, 4) is 0 Å². The van der Waals surface area contributed by atoms with Crippen LogP contribution in [0.3, 0.4) is 0 Å². The summed E-state index contributed by atoms with van der Waals surface area (Å²) in [6.45, 7) is 6.02. The molecule has 0 bridgehead atoms. The highest BCUT2D eigenvalue weighted by molar-refractivity contribution is 5.78. The number of carbonyl (C=O) groups is 1. The summed E-state index contributed by atoms with van der Waals surface area (Å²) in [5, 5.41) is 9.84. The van der Waals surface area contributed by atoms with Gasteiger partial charge in [0.05, 0.1) is 6.10 Å². The van der Waals surface area contributed by atoms with Crippen LogP contribution in [0.4, 0.5) is 0 Å². The van der Waals surface area contributed by atoms with Crippen molar-refractivity contribution in [2.24, 2.45) is 0 Å². The Morgan fingerprint density at radius 3 is 2.05 bits per heavy atom. The van der Waals surface area contributed by atoms with E-state index in [-0.39, 0.29) is 5.78 Å². The van der Waals surface area contributed by atoms with Crippen LogP contribution in [0.1, 0.15) is 103 Å². The predicted octanol–water partition coefficient (Wildman–Crippen LogP) is 5.62. The van der Waals surface area contributed by atoms with Gasteiger partial charge in [0, 0.05) is 12.8 Å². The van der Waals surface area contributed by atoms with Gasteiger partial charge in [-0.1, -0.05) is 84.5 Å². The summed E-state index contributed by atoms with van der Waals surface area (Å²) >= 11 is 0. The van der Waals surface area contributed by atoms with E-state index in [0.29, 0.717) is 12.8 Å². The SMILES string of the molecule is [CH2]CCCCC(=O)C[C@H](O)CCCCCCCCCCC. The number of ketones is 1. The largest absolute Gasteiger partial charge is 0.393 e. The topological polar surface area (TPSA) is 37.3 Å². The number of aliphatic hydroxyl groups excluding tert-OH is 1. The van der Waals surface area contributed by atoms with Gasteiger partial charge in [-0.2, -0.15) is 0 Å². The van der Waals surface area contributed by atoms with Crippen LogP contribution < -0.4 is 0 Å². The van der Waals surface area contributed by atoms with Gasteiger partial charge in [-0.15, -0.1) is 0 Å². The molecule has 0 aliphatic carbocycles. The van der Waals surface area contributed by atoms with E-state index >= 15 is 0 Å². The molecule has 0 aromatic rings. The third-order valence-corrected chi connectivity index (χ3v) is 4.06. The summed E-state index contributed by atoms with van der Waals surface area (Å²) in [5.41, 5.74) is 0. The number of carbonyl (C=O) groups excluding carboxylic acids is 1. The summed E-state index contributed by atoms with van der Waals surface area (Å²) in [6, 6.07) is 0. The average Bonchev–Trinajstić information content (AvgIpc) is 2.45. The fourth-order valence-electron chi connectivity index (χ4n) is 2.66. The van der Waals surface area contributed by atoms with Crippen molar-refractivity contribution in [2.45, 2.75) is 109 Å². The standard InChI is InChI=1S/C19H37O2/c1-3-5-7-8-9-10-11-12-14-16-19(21)17-18(20)15-13-6-4-2/h19,21H,2-17H2,1H3/t19-/m1/s1. The van der Waals surface area contributed by atoms with Gasteiger partial charge in [0.15, 0.2) is 0 Å². The molecule has 0 aliphatic rings. The van der Waals surface area contributed by atoms with Crippen molar-refractivity contribution >= 4 is 5.78 Å². The van der Waals surface area contributed by atoms with Gasteiger partial charge in [-0.25, -0.2) is 0 Å². The lowest BCUT2D eigenvalue weighted by Crippen LogP contribution is -2.13. The lowest BCUT2D eigenvalue weighted by atomic mass is 10.0. The number of rotatable bonds is 16. The van der Waals surface area contributed by atoms with E-state index in [9.17, 15) is 9.90 Å². The Labute approximate surface area is 132 Å². The minimum atomic E-state index is -0.415. The molecule has 0 aromatic carbocycles. The molecule has 21 heavy (non-hydrogen) atoms. The Hall–Kier alpha value is -0.370. The van der Waals surface area contributed by atoms with Crippen LogP contribution in [0.5, 0.6) is 0 Å². The van der Waals surface area contributed by atoms with Gasteiger partial charge in [0.2, 0.25) is 0 Å². The normalized spacial score (nSPS) is 12.5. The second-order valence-electron chi connectivity index (χ2n) is 6.32. The van der Waals surface area contributed by atoms with Crippen molar-refractivity contribution in [3.05, 3.63) is 6.92 Å². The van der Waals surface area contributed by atoms with E-state index < -0.39 is 6.10 Å². The zero-order valence-corrected chi connectivity index (χ0v) is 14.2. The molecular weight excluding hydrogens is 260 g/mol. The first kappa shape index (κ1) is 20.6. The Bertz CT molecular complexity index is 226. The molecule has 0 unspecified atom stereocenters. The first-order chi connectivity index (χ1) is 10.2. The zero-order chi connectivity index (χ0) is 15.8. The van der Waals surface area contributed by atoms with Crippen LogP contribution in [0.15, 0.2) is 0 Å². The maximum atomic E-state index is 11.6. The fraction of sp³-hybridized carbons (Fsp3) is 0.895. The average molecular weight is 298 g/mol. The van der Waals surface area contributed by atoms with Crippen LogP contribution in [0, 0.1) is 6.92 Å². The Balaban J connectivity index is 3.29. The molecule has 0 spiro atoms. The monoisotopic (exact) mass is 297 g/mol. The molecule has 2 nitrogen and oxygen atoms in total. The van der Waals surface area contributed by atoms with E-state index in [2.05, 4.69) is 13.8 Å². The Kier molecular flexibility index (Phi) is 15.7. The lowest BCUT2D eigenvalue weighted by molar-refractivity contribution is -0.121. The molecule has 1 N–H and O–H groups in total. The fourth-order valence-corrected chi connectivity index (χ4v) is 2.66. The molecule has 0 aromatic heterocycles. The third-order valence-electron chi connectivity index (χ3n) is 4.06. The van der Waals surface area contributed by atoms with E-state index in [1.807, 2.05) is 0 Å². The molecule has 0 aliphatic heterocycles. The molecule has 0 saturated carbocycles. The summed E-state index contributed by atoms with van der Waals surface area (Å²) in [5.74, 6) is 0.215. The van der Waals surface area contributed by atoms with Crippen molar-refractivity contribution in [3.63, 3.8) is 0 Å². The van der Waals surface area contributed by atoms with E-state index in [4.69, 9.17) is 0 Å². The molecule has 0 saturated heterocycles. The second kappa shape index (κ2) is 16.0. The van der Waals surface area contributed by atoms with Crippen LogP contribution in [-0.2, 0) is 4.79 Å². The summed E-state index contributed by atoms with van der Waals surface area (Å²) < 4.78 is 0. The van der Waals surface area contributed by atoms with Crippen LogP contribution >= 0.6 is 0 Å². The van der Waals surface area contributed by atoms with Gasteiger partial charge >= 0.3 is 0 Å². The van der Waals surface area contributed by atoms with Gasteiger partial charge in [0.1, 0.15) is 5.78 Å². The van der Waals surface area contributed by atoms with Crippen LogP contribution in [-0.4, -0.2) is 17.0 Å².